The van der Waals surface area contributed by atoms with Crippen LogP contribution in [0.15, 0.2) is 29.8 Å². The van der Waals surface area contributed by atoms with Crippen LogP contribution in [-0.4, -0.2) is 11.2 Å². The van der Waals surface area contributed by atoms with Gasteiger partial charge in [-0.2, -0.15) is 0 Å². The molecule has 1 aliphatic rings. The van der Waals surface area contributed by atoms with Crippen LogP contribution >= 0.6 is 23.2 Å². The van der Waals surface area contributed by atoms with Gasteiger partial charge in [0.05, 0.1) is 16.1 Å². The fraction of sp³-hybridized carbons (Fsp3) is 0.429. The number of aliphatic hydroxyl groups excluding tert-OH is 1. The van der Waals surface area contributed by atoms with Gasteiger partial charge in [-0.3, -0.25) is 0 Å². The lowest BCUT2D eigenvalue weighted by Gasteiger charge is -2.09. The van der Waals surface area contributed by atoms with E-state index in [1.807, 2.05) is 18.2 Å². The first-order chi connectivity index (χ1) is 8.16. The molecule has 0 saturated heterocycles. The molecule has 1 unspecified atom stereocenters. The third kappa shape index (κ3) is 3.48. The molecule has 0 fully saturated rings. The standard InChI is InChI=1S/C14H16Cl2O/c15-13-7-3-5-11(14(13)16)8-10-4-1-2-6-12(17)9-10/h3,5,7,9,12,17H,1-2,4,6,8H2. The van der Waals surface area contributed by atoms with Crippen molar-refractivity contribution in [1.29, 1.82) is 0 Å². The Balaban J connectivity index is 2.17. The Morgan fingerprint density at radius 2 is 2.06 bits per heavy atom. The van der Waals surface area contributed by atoms with E-state index in [4.69, 9.17) is 23.2 Å². The Bertz CT molecular complexity index is 426. The van der Waals surface area contributed by atoms with Crippen LogP contribution in [0.2, 0.25) is 10.0 Å². The molecule has 0 saturated carbocycles. The van der Waals surface area contributed by atoms with E-state index in [1.54, 1.807) is 6.07 Å². The van der Waals surface area contributed by atoms with E-state index in [0.29, 0.717) is 10.0 Å². The molecule has 0 spiro atoms. The summed E-state index contributed by atoms with van der Waals surface area (Å²) in [5.74, 6) is 0. The summed E-state index contributed by atoms with van der Waals surface area (Å²) < 4.78 is 0. The lowest BCUT2D eigenvalue weighted by atomic mass is 10.0. The number of benzene rings is 1. The molecule has 0 bridgehead atoms. The highest BCUT2D eigenvalue weighted by Crippen LogP contribution is 2.29. The van der Waals surface area contributed by atoms with E-state index < -0.39 is 0 Å². The van der Waals surface area contributed by atoms with Crippen molar-refractivity contribution in [1.82, 2.24) is 0 Å². The predicted molar refractivity (Wildman–Crippen MR) is 72.7 cm³/mol. The fourth-order valence-electron chi connectivity index (χ4n) is 2.22. The van der Waals surface area contributed by atoms with Crippen molar-refractivity contribution in [3.63, 3.8) is 0 Å². The van der Waals surface area contributed by atoms with Crippen molar-refractivity contribution in [3.05, 3.63) is 45.5 Å². The smallest absolute Gasteiger partial charge is 0.0723 e. The molecular weight excluding hydrogens is 255 g/mol. The van der Waals surface area contributed by atoms with Crippen molar-refractivity contribution >= 4 is 23.2 Å². The van der Waals surface area contributed by atoms with Crippen LogP contribution in [0.25, 0.3) is 0 Å². The van der Waals surface area contributed by atoms with E-state index >= 15 is 0 Å². The van der Waals surface area contributed by atoms with E-state index in [1.165, 1.54) is 5.57 Å². The molecule has 1 aliphatic carbocycles. The van der Waals surface area contributed by atoms with Gasteiger partial charge in [-0.1, -0.05) is 53.4 Å². The molecule has 0 aliphatic heterocycles. The SMILES string of the molecule is OC1C=C(Cc2cccc(Cl)c2Cl)CCCC1. The Hall–Kier alpha value is -0.500. The molecule has 3 heteroatoms. The van der Waals surface area contributed by atoms with E-state index in [-0.39, 0.29) is 6.10 Å². The second-order valence-electron chi connectivity index (χ2n) is 4.53. The van der Waals surface area contributed by atoms with Crippen LogP contribution < -0.4 is 0 Å². The summed E-state index contributed by atoms with van der Waals surface area (Å²) >= 11 is 12.2. The summed E-state index contributed by atoms with van der Waals surface area (Å²) in [4.78, 5) is 0. The van der Waals surface area contributed by atoms with Crippen LogP contribution in [0.5, 0.6) is 0 Å². The molecule has 0 aromatic heterocycles. The zero-order chi connectivity index (χ0) is 12.3. The molecule has 17 heavy (non-hydrogen) atoms. The van der Waals surface area contributed by atoms with Crippen LogP contribution in [0.1, 0.15) is 31.2 Å². The number of rotatable bonds is 2. The van der Waals surface area contributed by atoms with Gasteiger partial charge in [0.15, 0.2) is 0 Å². The minimum Gasteiger partial charge on any atom is -0.389 e. The fourth-order valence-corrected chi connectivity index (χ4v) is 2.61. The summed E-state index contributed by atoms with van der Waals surface area (Å²) in [6, 6.07) is 5.70. The molecule has 1 atom stereocenters. The molecular formula is C14H16Cl2O. The van der Waals surface area contributed by atoms with Gasteiger partial charge < -0.3 is 5.11 Å². The largest absolute Gasteiger partial charge is 0.389 e. The Morgan fingerprint density at radius 3 is 2.88 bits per heavy atom. The van der Waals surface area contributed by atoms with Gasteiger partial charge >= 0.3 is 0 Å². The number of hydrogen-bond donors (Lipinski definition) is 1. The van der Waals surface area contributed by atoms with Crippen molar-refractivity contribution in [3.8, 4) is 0 Å². The second kappa shape index (κ2) is 5.90. The van der Waals surface area contributed by atoms with Gasteiger partial charge in [0.25, 0.3) is 0 Å². The average Bonchev–Trinajstić information content (AvgIpc) is 2.49. The zero-order valence-corrected chi connectivity index (χ0v) is 11.1. The molecule has 1 aromatic rings. The normalized spacial score (nSPS) is 20.9. The average molecular weight is 271 g/mol. The summed E-state index contributed by atoms with van der Waals surface area (Å²) in [5.41, 5.74) is 2.30. The van der Waals surface area contributed by atoms with Gasteiger partial charge in [-0.05, 0) is 37.3 Å². The first kappa shape index (κ1) is 12.9. The third-order valence-corrected chi connectivity index (χ3v) is 3.98. The number of hydrogen-bond acceptors (Lipinski definition) is 1. The minimum absolute atomic E-state index is 0.301. The molecule has 2 rings (SSSR count). The maximum atomic E-state index is 9.73. The van der Waals surface area contributed by atoms with Crippen LogP contribution in [-0.2, 0) is 6.42 Å². The molecule has 1 nitrogen and oxygen atoms in total. The molecule has 0 radical (unpaired) electrons. The quantitative estimate of drug-likeness (QED) is 0.790. The number of halogens is 2. The highest BCUT2D eigenvalue weighted by atomic mass is 35.5. The van der Waals surface area contributed by atoms with Crippen molar-refractivity contribution in [2.45, 2.75) is 38.2 Å². The van der Waals surface area contributed by atoms with E-state index in [9.17, 15) is 5.11 Å². The van der Waals surface area contributed by atoms with Gasteiger partial charge in [-0.15, -0.1) is 0 Å². The van der Waals surface area contributed by atoms with Crippen LogP contribution in [0, 0.1) is 0 Å². The van der Waals surface area contributed by atoms with Crippen LogP contribution in [0.3, 0.4) is 0 Å². The second-order valence-corrected chi connectivity index (χ2v) is 5.31. The first-order valence-corrected chi connectivity index (χ1v) is 6.73. The van der Waals surface area contributed by atoms with Gasteiger partial charge in [0.1, 0.15) is 0 Å². The summed E-state index contributed by atoms with van der Waals surface area (Å²) in [5, 5.41) is 11.0. The number of aliphatic hydroxyl groups is 1. The minimum atomic E-state index is -0.301. The highest BCUT2D eigenvalue weighted by Gasteiger charge is 2.12. The zero-order valence-electron chi connectivity index (χ0n) is 9.63. The van der Waals surface area contributed by atoms with Crippen LogP contribution in [0.4, 0.5) is 0 Å². The molecule has 1 aromatic carbocycles. The Kier molecular flexibility index (Phi) is 4.49. The maximum absolute atomic E-state index is 9.73. The maximum Gasteiger partial charge on any atom is 0.0723 e. The lowest BCUT2D eigenvalue weighted by Crippen LogP contribution is -2.01. The lowest BCUT2D eigenvalue weighted by molar-refractivity contribution is 0.211. The summed E-state index contributed by atoms with van der Waals surface area (Å²) in [6.45, 7) is 0. The third-order valence-electron chi connectivity index (χ3n) is 3.12. The van der Waals surface area contributed by atoms with Gasteiger partial charge in [0.2, 0.25) is 0 Å². The van der Waals surface area contributed by atoms with Gasteiger partial charge in [-0.25, -0.2) is 0 Å². The topological polar surface area (TPSA) is 20.2 Å². The van der Waals surface area contributed by atoms with Crippen molar-refractivity contribution < 1.29 is 5.11 Å². The molecule has 0 heterocycles. The Morgan fingerprint density at radius 1 is 1.24 bits per heavy atom. The summed E-state index contributed by atoms with van der Waals surface area (Å²) in [6.07, 6.45) is 6.60. The van der Waals surface area contributed by atoms with Gasteiger partial charge in [0, 0.05) is 0 Å². The monoisotopic (exact) mass is 270 g/mol. The van der Waals surface area contributed by atoms with E-state index in [0.717, 1.165) is 37.7 Å². The molecule has 92 valence electrons. The van der Waals surface area contributed by atoms with Crippen molar-refractivity contribution in [2.75, 3.05) is 0 Å². The first-order valence-electron chi connectivity index (χ1n) is 5.97. The summed E-state index contributed by atoms with van der Waals surface area (Å²) in [7, 11) is 0. The molecule has 1 N–H and O–H groups in total. The predicted octanol–water partition coefficient (Wildman–Crippen LogP) is 4.40. The van der Waals surface area contributed by atoms with E-state index in [2.05, 4.69) is 0 Å². The van der Waals surface area contributed by atoms with Crippen molar-refractivity contribution in [2.24, 2.45) is 0 Å². The Labute approximate surface area is 112 Å². The number of allylic oxidation sites excluding steroid dienone is 1. The molecule has 0 amide bonds. The highest BCUT2D eigenvalue weighted by molar-refractivity contribution is 6.42.